The zero-order chi connectivity index (χ0) is 24.3. The molecule has 0 spiro atoms. The van der Waals surface area contributed by atoms with Gasteiger partial charge in [-0.1, -0.05) is 97.1 Å². The normalized spacial score (nSPS) is 12.0. The maximum absolute atomic E-state index is 11.2. The Morgan fingerprint density at radius 1 is 0.730 bits per heavy atom. The SMILES string of the molecule is O[C@H](CNCc1ccco1)Cn1c(-c2ccccc2)c(-c2ccccc2)c2ccc3ccccc3c21.[Cl-]. The van der Waals surface area contributed by atoms with Crippen LogP contribution in [0.5, 0.6) is 0 Å². The average Bonchev–Trinajstić information content (AvgIpc) is 3.56. The summed E-state index contributed by atoms with van der Waals surface area (Å²) in [5, 5.41) is 18.1. The van der Waals surface area contributed by atoms with Crippen molar-refractivity contribution in [1.82, 2.24) is 9.88 Å². The maximum Gasteiger partial charge on any atom is 0.117 e. The molecule has 5 heteroatoms. The van der Waals surface area contributed by atoms with Crippen LogP contribution >= 0.6 is 0 Å². The van der Waals surface area contributed by atoms with E-state index < -0.39 is 6.10 Å². The second kappa shape index (κ2) is 11.1. The molecule has 6 aromatic rings. The molecule has 0 aliphatic rings. The van der Waals surface area contributed by atoms with Gasteiger partial charge in [0.15, 0.2) is 0 Å². The Kier molecular flexibility index (Phi) is 7.42. The zero-order valence-electron chi connectivity index (χ0n) is 20.3. The van der Waals surface area contributed by atoms with Gasteiger partial charge in [0.05, 0.1) is 36.7 Å². The molecule has 2 aromatic heterocycles. The molecular formula is C32H28ClN2O2-. The monoisotopic (exact) mass is 507 g/mol. The van der Waals surface area contributed by atoms with E-state index in [-0.39, 0.29) is 12.4 Å². The van der Waals surface area contributed by atoms with Gasteiger partial charge in [-0.15, -0.1) is 0 Å². The molecule has 4 aromatic carbocycles. The first-order chi connectivity index (χ1) is 17.8. The topological polar surface area (TPSA) is 50.3 Å². The van der Waals surface area contributed by atoms with E-state index in [0.29, 0.717) is 19.6 Å². The number of furan rings is 1. The molecule has 0 bridgehead atoms. The second-order valence-corrected chi connectivity index (χ2v) is 9.11. The van der Waals surface area contributed by atoms with E-state index in [9.17, 15) is 5.11 Å². The number of nitrogens with zero attached hydrogens (tertiary/aromatic N) is 1. The molecule has 0 aliphatic heterocycles. The van der Waals surface area contributed by atoms with Crippen molar-refractivity contribution in [2.45, 2.75) is 19.2 Å². The molecule has 6 rings (SSSR count). The van der Waals surface area contributed by atoms with Gasteiger partial charge in [-0.25, -0.2) is 0 Å². The third-order valence-electron chi connectivity index (χ3n) is 6.71. The molecule has 186 valence electrons. The van der Waals surface area contributed by atoms with E-state index in [2.05, 4.69) is 101 Å². The first kappa shape index (κ1) is 24.8. The number of aliphatic hydroxyl groups is 1. The highest BCUT2D eigenvalue weighted by Crippen LogP contribution is 2.43. The summed E-state index contributed by atoms with van der Waals surface area (Å²) in [5.41, 5.74) is 5.76. The van der Waals surface area contributed by atoms with Gasteiger partial charge in [0.1, 0.15) is 5.76 Å². The van der Waals surface area contributed by atoms with Crippen molar-refractivity contribution < 1.29 is 21.9 Å². The molecule has 0 radical (unpaired) electrons. The summed E-state index contributed by atoms with van der Waals surface area (Å²) >= 11 is 0. The van der Waals surface area contributed by atoms with Crippen LogP contribution in [0.15, 0.2) is 120 Å². The Hall–Kier alpha value is -3.83. The highest BCUT2D eigenvalue weighted by atomic mass is 35.5. The fourth-order valence-electron chi connectivity index (χ4n) is 5.15. The number of aromatic nitrogens is 1. The number of rotatable bonds is 8. The predicted octanol–water partition coefficient (Wildman–Crippen LogP) is 3.88. The van der Waals surface area contributed by atoms with E-state index in [4.69, 9.17) is 4.42 Å². The van der Waals surface area contributed by atoms with Gasteiger partial charge in [-0.2, -0.15) is 0 Å². The van der Waals surface area contributed by atoms with Gasteiger partial charge in [-0.3, -0.25) is 0 Å². The first-order valence-electron chi connectivity index (χ1n) is 12.4. The molecular weight excluding hydrogens is 480 g/mol. The van der Waals surface area contributed by atoms with Crippen LogP contribution in [-0.4, -0.2) is 22.3 Å². The Morgan fingerprint density at radius 3 is 2.16 bits per heavy atom. The van der Waals surface area contributed by atoms with Crippen molar-refractivity contribution in [3.05, 3.63) is 121 Å². The van der Waals surface area contributed by atoms with Gasteiger partial charge >= 0.3 is 0 Å². The van der Waals surface area contributed by atoms with E-state index in [1.54, 1.807) is 6.26 Å². The largest absolute Gasteiger partial charge is 1.00 e. The molecule has 0 aliphatic carbocycles. The highest BCUT2D eigenvalue weighted by Gasteiger charge is 2.23. The van der Waals surface area contributed by atoms with Gasteiger partial charge in [0.2, 0.25) is 0 Å². The minimum absolute atomic E-state index is 0. The predicted molar refractivity (Wildman–Crippen MR) is 147 cm³/mol. The third kappa shape index (κ3) is 4.92. The molecule has 0 saturated heterocycles. The van der Waals surface area contributed by atoms with Crippen molar-refractivity contribution in [3.63, 3.8) is 0 Å². The van der Waals surface area contributed by atoms with Crippen LogP contribution in [0.4, 0.5) is 0 Å². The van der Waals surface area contributed by atoms with Crippen LogP contribution in [0.1, 0.15) is 5.76 Å². The highest BCUT2D eigenvalue weighted by molar-refractivity contribution is 6.15. The minimum atomic E-state index is -0.583. The molecule has 0 saturated carbocycles. The summed E-state index contributed by atoms with van der Waals surface area (Å²) in [6, 6.07) is 37.8. The van der Waals surface area contributed by atoms with Crippen LogP contribution in [0.3, 0.4) is 0 Å². The molecule has 0 unspecified atom stereocenters. The minimum Gasteiger partial charge on any atom is -1.00 e. The Bertz CT molecular complexity index is 1590. The lowest BCUT2D eigenvalue weighted by Crippen LogP contribution is -3.00. The number of benzene rings is 4. The number of halogens is 1. The summed E-state index contributed by atoms with van der Waals surface area (Å²) < 4.78 is 7.73. The van der Waals surface area contributed by atoms with E-state index in [1.165, 1.54) is 27.3 Å². The molecule has 4 nitrogen and oxygen atoms in total. The van der Waals surface area contributed by atoms with Crippen LogP contribution < -0.4 is 17.7 Å². The summed E-state index contributed by atoms with van der Waals surface area (Å²) in [5.74, 6) is 0.857. The zero-order valence-corrected chi connectivity index (χ0v) is 21.1. The Labute approximate surface area is 222 Å². The number of aliphatic hydroxyl groups excluding tert-OH is 1. The standard InChI is InChI=1S/C32H28N2O2.ClH/c35-26(20-33-21-27-15-9-19-36-27)22-34-31(25-13-5-2-6-14-25)30(24-11-3-1-4-12-24)29-18-17-23-10-7-8-16-28(23)32(29)34;/h1-19,26,33,35H,20-22H2;1H/p-1/t26-;/m1./s1. The molecule has 0 amide bonds. The number of fused-ring (bicyclic) bond motifs is 3. The Balaban J connectivity index is 0.00000280. The van der Waals surface area contributed by atoms with Crippen LogP contribution in [0.25, 0.3) is 44.1 Å². The van der Waals surface area contributed by atoms with E-state index >= 15 is 0 Å². The van der Waals surface area contributed by atoms with Crippen LogP contribution in [0.2, 0.25) is 0 Å². The number of nitrogens with one attached hydrogen (secondary N) is 1. The fourth-order valence-corrected chi connectivity index (χ4v) is 5.15. The second-order valence-electron chi connectivity index (χ2n) is 9.11. The smallest absolute Gasteiger partial charge is 0.117 e. The lowest BCUT2D eigenvalue weighted by atomic mass is 9.97. The van der Waals surface area contributed by atoms with Gasteiger partial charge in [-0.05, 0) is 28.6 Å². The average molecular weight is 508 g/mol. The van der Waals surface area contributed by atoms with Crippen LogP contribution in [0, 0.1) is 0 Å². The van der Waals surface area contributed by atoms with E-state index in [1.807, 2.05) is 18.2 Å². The fraction of sp³-hybridized carbons (Fsp3) is 0.125. The van der Waals surface area contributed by atoms with Crippen LogP contribution in [-0.2, 0) is 13.1 Å². The quantitative estimate of drug-likeness (QED) is 0.329. The lowest BCUT2D eigenvalue weighted by Gasteiger charge is -2.18. The summed E-state index contributed by atoms with van der Waals surface area (Å²) in [6.07, 6.45) is 1.09. The molecule has 37 heavy (non-hydrogen) atoms. The Morgan fingerprint density at radius 2 is 1.43 bits per heavy atom. The van der Waals surface area contributed by atoms with Crippen molar-refractivity contribution in [2.75, 3.05) is 6.54 Å². The number of hydrogen-bond acceptors (Lipinski definition) is 3. The first-order valence-corrected chi connectivity index (χ1v) is 12.4. The van der Waals surface area contributed by atoms with Gasteiger partial charge in [0.25, 0.3) is 0 Å². The summed E-state index contributed by atoms with van der Waals surface area (Å²) in [7, 11) is 0. The molecule has 0 fully saturated rings. The maximum atomic E-state index is 11.2. The van der Waals surface area contributed by atoms with Crippen molar-refractivity contribution in [2.24, 2.45) is 0 Å². The van der Waals surface area contributed by atoms with Crippen molar-refractivity contribution in [3.8, 4) is 22.4 Å². The molecule has 1 atom stereocenters. The third-order valence-corrected chi connectivity index (χ3v) is 6.71. The number of hydrogen-bond donors (Lipinski definition) is 2. The van der Waals surface area contributed by atoms with Gasteiger partial charge in [0, 0.05) is 22.9 Å². The lowest BCUT2D eigenvalue weighted by molar-refractivity contribution is -0.00000966. The molecule has 2 heterocycles. The summed E-state index contributed by atoms with van der Waals surface area (Å²) in [4.78, 5) is 0. The van der Waals surface area contributed by atoms with Crippen molar-refractivity contribution in [1.29, 1.82) is 0 Å². The summed E-state index contributed by atoms with van der Waals surface area (Å²) in [6.45, 7) is 1.51. The van der Waals surface area contributed by atoms with E-state index in [0.717, 1.165) is 22.5 Å². The van der Waals surface area contributed by atoms with Gasteiger partial charge < -0.3 is 31.8 Å². The molecule has 2 N–H and O–H groups in total. The van der Waals surface area contributed by atoms with Crippen molar-refractivity contribution >= 4 is 21.7 Å².